The van der Waals surface area contributed by atoms with E-state index in [9.17, 15) is 13.6 Å². The van der Waals surface area contributed by atoms with Crippen molar-refractivity contribution >= 4 is 5.97 Å². The summed E-state index contributed by atoms with van der Waals surface area (Å²) >= 11 is 0. The number of alkyl halides is 2. The van der Waals surface area contributed by atoms with Crippen LogP contribution in [0.4, 0.5) is 8.78 Å². The fourth-order valence-corrected chi connectivity index (χ4v) is 2.14. The molecule has 0 unspecified atom stereocenters. The highest BCUT2D eigenvalue weighted by Crippen LogP contribution is 2.27. The minimum atomic E-state index is -2.57. The third-order valence-corrected chi connectivity index (χ3v) is 3.03. The van der Waals surface area contributed by atoms with Gasteiger partial charge in [-0.25, -0.2) is 8.78 Å². The molecule has 1 heterocycles. The van der Waals surface area contributed by atoms with Crippen LogP contribution in [0.2, 0.25) is 0 Å². The van der Waals surface area contributed by atoms with Gasteiger partial charge in [0.2, 0.25) is 0 Å². The number of hydrogen-bond donors (Lipinski definition) is 1. The summed E-state index contributed by atoms with van der Waals surface area (Å²) in [5.41, 5.74) is 1.65. The average molecular weight is 255 g/mol. The maximum atomic E-state index is 13.0. The van der Waals surface area contributed by atoms with Crippen LogP contribution >= 0.6 is 0 Å². The van der Waals surface area contributed by atoms with Gasteiger partial charge in [0.05, 0.1) is 13.0 Å². The Morgan fingerprint density at radius 1 is 1.28 bits per heavy atom. The van der Waals surface area contributed by atoms with Gasteiger partial charge in [0, 0.05) is 19.5 Å². The lowest BCUT2D eigenvalue weighted by Crippen LogP contribution is -2.24. The smallest absolute Gasteiger partial charge is 0.307 e. The summed E-state index contributed by atoms with van der Waals surface area (Å²) in [6.07, 6.45) is -0.0911. The van der Waals surface area contributed by atoms with Crippen LogP contribution in [0.25, 0.3) is 0 Å². The molecule has 1 aliphatic heterocycles. The molecule has 1 aliphatic rings. The molecule has 1 aromatic carbocycles. The zero-order valence-corrected chi connectivity index (χ0v) is 9.90. The van der Waals surface area contributed by atoms with Gasteiger partial charge in [-0.15, -0.1) is 0 Å². The number of benzene rings is 1. The molecule has 18 heavy (non-hydrogen) atoms. The molecule has 0 amide bonds. The molecular formula is C13H15F2NO2. The van der Waals surface area contributed by atoms with Gasteiger partial charge in [0.1, 0.15) is 0 Å². The molecule has 98 valence electrons. The van der Waals surface area contributed by atoms with Crippen LogP contribution in [0, 0.1) is 0 Å². The minimum Gasteiger partial charge on any atom is -0.481 e. The Labute approximate surface area is 104 Å². The predicted molar refractivity (Wildman–Crippen MR) is 62.6 cm³/mol. The summed E-state index contributed by atoms with van der Waals surface area (Å²) in [6, 6.07) is 7.07. The molecule has 1 N–H and O–H groups in total. The summed E-state index contributed by atoms with van der Waals surface area (Å²) in [4.78, 5) is 12.2. The molecule has 1 saturated heterocycles. The van der Waals surface area contributed by atoms with E-state index < -0.39 is 11.9 Å². The van der Waals surface area contributed by atoms with E-state index >= 15 is 0 Å². The maximum absolute atomic E-state index is 13.0. The molecule has 0 radical (unpaired) electrons. The van der Waals surface area contributed by atoms with Crippen LogP contribution in [0.3, 0.4) is 0 Å². The van der Waals surface area contributed by atoms with Crippen molar-refractivity contribution in [2.45, 2.75) is 25.3 Å². The van der Waals surface area contributed by atoms with E-state index in [4.69, 9.17) is 5.11 Å². The number of aliphatic carboxylic acids is 1. The fourth-order valence-electron chi connectivity index (χ4n) is 2.14. The maximum Gasteiger partial charge on any atom is 0.307 e. The Bertz CT molecular complexity index is 431. The van der Waals surface area contributed by atoms with Gasteiger partial charge >= 0.3 is 5.97 Å². The molecule has 5 heteroatoms. The van der Waals surface area contributed by atoms with E-state index in [0.717, 1.165) is 11.1 Å². The third-order valence-electron chi connectivity index (χ3n) is 3.03. The number of hydrogen-bond acceptors (Lipinski definition) is 2. The molecule has 1 aromatic rings. The number of halogens is 2. The van der Waals surface area contributed by atoms with Crippen molar-refractivity contribution < 1.29 is 18.7 Å². The second-order valence-corrected chi connectivity index (χ2v) is 4.70. The van der Waals surface area contributed by atoms with Gasteiger partial charge in [-0.05, 0) is 11.1 Å². The molecule has 0 aromatic heterocycles. The second-order valence-electron chi connectivity index (χ2n) is 4.70. The topological polar surface area (TPSA) is 40.5 Å². The normalized spacial score (nSPS) is 19.0. The first-order valence-electron chi connectivity index (χ1n) is 5.84. The van der Waals surface area contributed by atoms with Crippen molar-refractivity contribution in [3.63, 3.8) is 0 Å². The van der Waals surface area contributed by atoms with E-state index in [2.05, 4.69) is 0 Å². The monoisotopic (exact) mass is 255 g/mol. The van der Waals surface area contributed by atoms with Gasteiger partial charge in [0.15, 0.2) is 0 Å². The van der Waals surface area contributed by atoms with Gasteiger partial charge in [0.25, 0.3) is 5.92 Å². The van der Waals surface area contributed by atoms with Crippen LogP contribution in [0.5, 0.6) is 0 Å². The number of likely N-dealkylation sites (tertiary alicyclic amines) is 1. The highest BCUT2D eigenvalue weighted by Gasteiger charge is 2.37. The van der Waals surface area contributed by atoms with E-state index in [0.29, 0.717) is 13.1 Å². The standard InChI is InChI=1S/C13H15F2NO2/c14-13(15)5-6-16(9-13)8-11-3-1-10(2-4-11)7-12(17)18/h1-4H,5-9H2,(H,17,18). The number of carboxylic acids is 1. The quantitative estimate of drug-likeness (QED) is 0.896. The lowest BCUT2D eigenvalue weighted by Gasteiger charge is -2.15. The number of rotatable bonds is 4. The molecule has 0 spiro atoms. The van der Waals surface area contributed by atoms with Crippen molar-refractivity contribution in [1.82, 2.24) is 4.90 Å². The lowest BCUT2D eigenvalue weighted by molar-refractivity contribution is -0.136. The molecule has 0 atom stereocenters. The van der Waals surface area contributed by atoms with E-state index in [-0.39, 0.29) is 19.4 Å². The zero-order chi connectivity index (χ0) is 13.2. The first-order chi connectivity index (χ1) is 8.44. The average Bonchev–Trinajstić information content (AvgIpc) is 2.60. The number of carbonyl (C=O) groups is 1. The van der Waals surface area contributed by atoms with Crippen LogP contribution < -0.4 is 0 Å². The minimum absolute atomic E-state index is 0.0118. The molecule has 2 rings (SSSR count). The van der Waals surface area contributed by atoms with Gasteiger partial charge in [-0.2, -0.15) is 0 Å². The summed E-state index contributed by atoms with van der Waals surface area (Å²) in [5.74, 6) is -3.44. The van der Waals surface area contributed by atoms with Crippen LogP contribution in [-0.2, 0) is 17.8 Å². The second kappa shape index (κ2) is 5.02. The Morgan fingerprint density at radius 3 is 2.39 bits per heavy atom. The first-order valence-corrected chi connectivity index (χ1v) is 5.84. The summed E-state index contributed by atoms with van der Waals surface area (Å²) < 4.78 is 26.0. The van der Waals surface area contributed by atoms with Gasteiger partial charge < -0.3 is 5.11 Å². The Hall–Kier alpha value is -1.49. The summed E-state index contributed by atoms with van der Waals surface area (Å²) in [6.45, 7) is 0.705. The summed E-state index contributed by atoms with van der Waals surface area (Å²) in [5, 5.41) is 8.63. The SMILES string of the molecule is O=C(O)Cc1ccc(CN2CCC(F)(F)C2)cc1. The van der Waals surface area contributed by atoms with E-state index in [1.165, 1.54) is 0 Å². The van der Waals surface area contributed by atoms with Crippen molar-refractivity contribution in [2.24, 2.45) is 0 Å². The fraction of sp³-hybridized carbons (Fsp3) is 0.462. The molecule has 0 aliphatic carbocycles. The molecule has 1 fully saturated rings. The van der Waals surface area contributed by atoms with Gasteiger partial charge in [-0.1, -0.05) is 24.3 Å². The van der Waals surface area contributed by atoms with Crippen LogP contribution in [0.1, 0.15) is 17.5 Å². The Balaban J connectivity index is 1.92. The zero-order valence-electron chi connectivity index (χ0n) is 9.90. The molecule has 0 bridgehead atoms. The van der Waals surface area contributed by atoms with Crippen molar-refractivity contribution in [3.05, 3.63) is 35.4 Å². The molecule has 0 saturated carbocycles. The predicted octanol–water partition coefficient (Wildman–Crippen LogP) is 2.15. The highest BCUT2D eigenvalue weighted by molar-refractivity contribution is 5.70. The number of carboxylic acid groups (broad SMARTS) is 1. The summed E-state index contributed by atoms with van der Waals surface area (Å²) in [7, 11) is 0. The first kappa shape index (κ1) is 13.0. The molecular weight excluding hydrogens is 240 g/mol. The van der Waals surface area contributed by atoms with E-state index in [1.54, 1.807) is 29.2 Å². The van der Waals surface area contributed by atoms with Crippen LogP contribution in [-0.4, -0.2) is 35.0 Å². The largest absolute Gasteiger partial charge is 0.481 e. The Kier molecular flexibility index (Phi) is 3.61. The van der Waals surface area contributed by atoms with Crippen molar-refractivity contribution in [1.29, 1.82) is 0 Å². The van der Waals surface area contributed by atoms with Crippen LogP contribution in [0.15, 0.2) is 24.3 Å². The van der Waals surface area contributed by atoms with Crippen molar-refractivity contribution in [2.75, 3.05) is 13.1 Å². The highest BCUT2D eigenvalue weighted by atomic mass is 19.3. The van der Waals surface area contributed by atoms with E-state index in [1.807, 2.05) is 0 Å². The third kappa shape index (κ3) is 3.50. The Morgan fingerprint density at radius 2 is 1.89 bits per heavy atom. The van der Waals surface area contributed by atoms with Gasteiger partial charge in [-0.3, -0.25) is 9.69 Å². The lowest BCUT2D eigenvalue weighted by atomic mass is 10.1. The molecule has 3 nitrogen and oxygen atoms in total. The van der Waals surface area contributed by atoms with Crippen molar-refractivity contribution in [3.8, 4) is 0 Å². The number of nitrogens with zero attached hydrogens (tertiary/aromatic N) is 1.